The van der Waals surface area contributed by atoms with Crippen molar-refractivity contribution in [3.63, 3.8) is 0 Å². The molecule has 8 heteroatoms. The molecule has 1 fully saturated rings. The number of aromatic nitrogens is 3. The number of nitrogens with zero attached hydrogens (tertiary/aromatic N) is 3. The zero-order chi connectivity index (χ0) is 24.6. The molecule has 4 heterocycles. The number of benzene rings is 2. The van der Waals surface area contributed by atoms with Crippen LogP contribution in [0.15, 0.2) is 65.6 Å². The lowest BCUT2D eigenvalue weighted by molar-refractivity contribution is -0.119. The molecule has 0 aliphatic carbocycles. The van der Waals surface area contributed by atoms with E-state index in [9.17, 15) is 14.9 Å². The summed E-state index contributed by atoms with van der Waals surface area (Å²) in [6, 6.07) is 20.3. The van der Waals surface area contributed by atoms with E-state index in [2.05, 4.69) is 55.5 Å². The first kappa shape index (κ1) is 22.1. The topological polar surface area (TPSA) is 118 Å². The highest BCUT2D eigenvalue weighted by Gasteiger charge is 2.41. The minimum absolute atomic E-state index is 0.243. The van der Waals surface area contributed by atoms with Crippen molar-refractivity contribution in [3.05, 3.63) is 87.8 Å². The monoisotopic (exact) mass is 478 g/mol. The van der Waals surface area contributed by atoms with E-state index in [1.54, 1.807) is 6.20 Å². The van der Waals surface area contributed by atoms with Gasteiger partial charge in [0.25, 0.3) is 5.56 Å². The summed E-state index contributed by atoms with van der Waals surface area (Å²) < 4.78 is 0. The molecule has 0 radical (unpaired) electrons. The number of nitriles is 1. The fourth-order valence-electron chi connectivity index (χ4n) is 5.63. The summed E-state index contributed by atoms with van der Waals surface area (Å²) >= 11 is 0. The molecular formula is C28H26N6O2. The Labute approximate surface area is 208 Å². The fraction of sp³-hybridized carbons (Fsp3) is 0.286. The first-order chi connectivity index (χ1) is 17.6. The number of carbonyl (C=O) groups excluding carboxylic acids is 1. The Morgan fingerprint density at radius 3 is 2.56 bits per heavy atom. The molecule has 2 aliphatic rings. The second-order valence-electron chi connectivity index (χ2n) is 9.64. The van der Waals surface area contributed by atoms with E-state index in [1.807, 2.05) is 30.3 Å². The first-order valence-corrected chi connectivity index (χ1v) is 12.3. The number of hydrogen-bond donors (Lipinski definition) is 3. The number of anilines is 2. The lowest BCUT2D eigenvalue weighted by Gasteiger charge is -2.34. The zero-order valence-electron chi connectivity index (χ0n) is 19.7. The molecule has 2 atom stereocenters. The summed E-state index contributed by atoms with van der Waals surface area (Å²) in [6.45, 7) is 1.56. The van der Waals surface area contributed by atoms with Gasteiger partial charge in [-0.05, 0) is 42.4 Å². The van der Waals surface area contributed by atoms with Gasteiger partial charge in [0.15, 0.2) is 0 Å². The van der Waals surface area contributed by atoms with Gasteiger partial charge >= 0.3 is 0 Å². The minimum Gasteiger partial charge on any atom is -0.361 e. The molecule has 2 unspecified atom stereocenters. The molecule has 3 N–H and O–H groups in total. The van der Waals surface area contributed by atoms with E-state index >= 15 is 0 Å². The van der Waals surface area contributed by atoms with Crippen LogP contribution in [-0.4, -0.2) is 33.9 Å². The molecule has 36 heavy (non-hydrogen) atoms. The molecule has 0 bridgehead atoms. The molecule has 2 aliphatic heterocycles. The quantitative estimate of drug-likeness (QED) is 0.411. The number of rotatable bonds is 4. The third-order valence-electron chi connectivity index (χ3n) is 7.49. The van der Waals surface area contributed by atoms with Gasteiger partial charge in [0.05, 0.1) is 11.6 Å². The highest BCUT2D eigenvalue weighted by molar-refractivity contribution is 5.99. The van der Waals surface area contributed by atoms with Crippen LogP contribution < -0.4 is 15.8 Å². The van der Waals surface area contributed by atoms with Crippen LogP contribution >= 0.6 is 0 Å². The smallest absolute Gasteiger partial charge is 0.258 e. The van der Waals surface area contributed by atoms with Gasteiger partial charge in [-0.2, -0.15) is 10.2 Å². The lowest BCUT2D eigenvalue weighted by atomic mass is 9.79. The predicted octanol–water partition coefficient (Wildman–Crippen LogP) is 3.93. The molecule has 6 rings (SSSR count). The predicted molar refractivity (Wildman–Crippen MR) is 138 cm³/mol. The SMILES string of the molecule is N#CC1C(=O)Nc2nc(N3CCC(Cc4ccccc4)CC3)[nH]c(=O)c2C1c1c[nH]c2ccccc12. The van der Waals surface area contributed by atoms with Gasteiger partial charge in [-0.15, -0.1) is 0 Å². The standard InChI is InChI=1S/C28H26N6O2/c29-15-20-23(21-16-30-22-9-5-4-8-19(21)22)24-25(31-26(20)35)32-28(33-27(24)36)34-12-10-18(11-13-34)14-17-6-2-1-3-7-17/h1-9,16,18,20,23,30H,10-14H2,(H2,31,32,33,35,36). The highest BCUT2D eigenvalue weighted by Crippen LogP contribution is 2.41. The third-order valence-corrected chi connectivity index (χ3v) is 7.49. The number of carbonyl (C=O) groups is 1. The Balaban J connectivity index is 1.31. The van der Waals surface area contributed by atoms with Crippen LogP contribution in [0.2, 0.25) is 0 Å². The summed E-state index contributed by atoms with van der Waals surface area (Å²) in [5.41, 5.74) is 2.98. The maximum atomic E-state index is 13.4. The number of hydrogen-bond acceptors (Lipinski definition) is 5. The van der Waals surface area contributed by atoms with Crippen molar-refractivity contribution in [3.8, 4) is 6.07 Å². The van der Waals surface area contributed by atoms with Gasteiger partial charge < -0.3 is 15.2 Å². The Bertz CT molecular complexity index is 1530. The number of aromatic amines is 2. The van der Waals surface area contributed by atoms with Crippen molar-refractivity contribution in [2.45, 2.75) is 25.2 Å². The largest absolute Gasteiger partial charge is 0.361 e. The normalized spacial score (nSPS) is 20.1. The van der Waals surface area contributed by atoms with Crippen LogP contribution in [0, 0.1) is 23.2 Å². The van der Waals surface area contributed by atoms with Crippen molar-refractivity contribution in [1.82, 2.24) is 15.0 Å². The molecular weight excluding hydrogens is 452 g/mol. The minimum atomic E-state index is -1.03. The van der Waals surface area contributed by atoms with E-state index in [-0.39, 0.29) is 11.4 Å². The van der Waals surface area contributed by atoms with E-state index in [0.29, 0.717) is 17.4 Å². The van der Waals surface area contributed by atoms with Crippen molar-refractivity contribution < 1.29 is 4.79 Å². The zero-order valence-corrected chi connectivity index (χ0v) is 19.7. The summed E-state index contributed by atoms with van der Waals surface area (Å²) in [4.78, 5) is 39.3. The second kappa shape index (κ2) is 9.00. The maximum absolute atomic E-state index is 13.4. The number of fused-ring (bicyclic) bond motifs is 2. The summed E-state index contributed by atoms with van der Waals surface area (Å²) in [7, 11) is 0. The van der Waals surface area contributed by atoms with Crippen molar-refractivity contribution >= 4 is 28.6 Å². The van der Waals surface area contributed by atoms with E-state index < -0.39 is 17.7 Å². The van der Waals surface area contributed by atoms with Crippen LogP contribution in [-0.2, 0) is 11.2 Å². The molecule has 2 aromatic heterocycles. The Kier molecular flexibility index (Phi) is 5.53. The molecule has 0 spiro atoms. The van der Waals surface area contributed by atoms with Crippen LogP contribution in [0.25, 0.3) is 10.9 Å². The number of nitrogens with one attached hydrogen (secondary N) is 3. The third kappa shape index (κ3) is 3.83. The molecule has 4 aromatic rings. The number of amides is 1. The van der Waals surface area contributed by atoms with Crippen LogP contribution in [0.3, 0.4) is 0 Å². The van der Waals surface area contributed by atoms with Gasteiger partial charge in [-0.25, -0.2) is 0 Å². The van der Waals surface area contributed by atoms with Crippen LogP contribution in [0.4, 0.5) is 11.8 Å². The van der Waals surface area contributed by atoms with Crippen LogP contribution in [0.1, 0.15) is 35.4 Å². The average molecular weight is 479 g/mol. The fourth-order valence-corrected chi connectivity index (χ4v) is 5.63. The molecule has 2 aromatic carbocycles. The van der Waals surface area contributed by atoms with Crippen LogP contribution in [0.5, 0.6) is 0 Å². The summed E-state index contributed by atoms with van der Waals surface area (Å²) in [5, 5.41) is 13.5. The van der Waals surface area contributed by atoms with Gasteiger partial charge in [0, 0.05) is 36.1 Å². The lowest BCUT2D eigenvalue weighted by Crippen LogP contribution is -2.41. The van der Waals surface area contributed by atoms with E-state index in [0.717, 1.165) is 48.8 Å². The summed E-state index contributed by atoms with van der Waals surface area (Å²) in [6.07, 6.45) is 4.82. The molecule has 0 saturated carbocycles. The molecule has 180 valence electrons. The first-order valence-electron chi connectivity index (χ1n) is 12.3. The van der Waals surface area contributed by atoms with Gasteiger partial charge in [0.1, 0.15) is 11.7 Å². The Morgan fingerprint density at radius 2 is 1.78 bits per heavy atom. The number of para-hydroxylation sites is 1. The van der Waals surface area contributed by atoms with Crippen molar-refractivity contribution in [2.24, 2.45) is 11.8 Å². The average Bonchev–Trinajstić information content (AvgIpc) is 3.33. The van der Waals surface area contributed by atoms with E-state index in [1.165, 1.54) is 5.56 Å². The van der Waals surface area contributed by atoms with Gasteiger partial charge in [0.2, 0.25) is 11.9 Å². The number of H-pyrrole nitrogens is 2. The second-order valence-corrected chi connectivity index (χ2v) is 9.64. The van der Waals surface area contributed by atoms with Gasteiger partial charge in [-0.3, -0.25) is 14.6 Å². The van der Waals surface area contributed by atoms with Crippen molar-refractivity contribution in [2.75, 3.05) is 23.3 Å². The Morgan fingerprint density at radius 1 is 1.03 bits per heavy atom. The number of piperidine rings is 1. The summed E-state index contributed by atoms with van der Waals surface area (Å²) in [5.74, 6) is -0.894. The van der Waals surface area contributed by atoms with E-state index in [4.69, 9.17) is 0 Å². The van der Waals surface area contributed by atoms with Gasteiger partial charge in [-0.1, -0.05) is 48.5 Å². The van der Waals surface area contributed by atoms with Crippen molar-refractivity contribution in [1.29, 1.82) is 5.26 Å². The molecule has 1 amide bonds. The molecule has 1 saturated heterocycles. The maximum Gasteiger partial charge on any atom is 0.258 e. The Hall–Kier alpha value is -4.38. The molecule has 8 nitrogen and oxygen atoms in total. The highest BCUT2D eigenvalue weighted by atomic mass is 16.2.